The number of benzene rings is 1. The minimum Gasteiger partial charge on any atom is -0.337 e. The summed E-state index contributed by atoms with van der Waals surface area (Å²) < 4.78 is 13.3. The quantitative estimate of drug-likeness (QED) is 0.596. The van der Waals surface area contributed by atoms with E-state index in [1.54, 1.807) is 0 Å². The minimum absolute atomic E-state index is 0.0432. The van der Waals surface area contributed by atoms with Crippen molar-refractivity contribution < 1.29 is 14.1 Å². The number of hydrogen-bond acceptors (Lipinski definition) is 4. The molecule has 0 saturated heterocycles. The van der Waals surface area contributed by atoms with Crippen LogP contribution in [0.1, 0.15) is 30.6 Å². The van der Waals surface area contributed by atoms with E-state index in [2.05, 4.69) is 0 Å². The van der Waals surface area contributed by atoms with E-state index in [0.29, 0.717) is 6.54 Å². The third-order valence-corrected chi connectivity index (χ3v) is 2.76. The molecule has 0 aliphatic heterocycles. The molecule has 0 heterocycles. The van der Waals surface area contributed by atoms with Gasteiger partial charge in [0.05, 0.1) is 17.4 Å². The second kappa shape index (κ2) is 7.33. The first-order chi connectivity index (χ1) is 9.86. The van der Waals surface area contributed by atoms with Gasteiger partial charge in [-0.1, -0.05) is 13.8 Å². The van der Waals surface area contributed by atoms with E-state index in [0.717, 1.165) is 12.1 Å². The van der Waals surface area contributed by atoms with Gasteiger partial charge in [-0.25, -0.2) is 0 Å². The Labute approximate surface area is 121 Å². The highest BCUT2D eigenvalue weighted by Crippen LogP contribution is 2.20. The molecule has 0 aromatic heterocycles. The molecule has 1 aromatic carbocycles. The Hall–Kier alpha value is -2.49. The summed E-state index contributed by atoms with van der Waals surface area (Å²) in [6.45, 7) is 4.49. The zero-order valence-corrected chi connectivity index (χ0v) is 11.9. The van der Waals surface area contributed by atoms with Gasteiger partial charge in [0.25, 0.3) is 5.91 Å². The van der Waals surface area contributed by atoms with E-state index in [4.69, 9.17) is 5.26 Å². The standard InChI is InChI=1S/C14H16FN3O3/c1-10(2)9-17(7-3-6-16)14(19)11-4-5-12(15)13(8-11)18(20)21/h4-5,8,10H,3,7,9H2,1-2H3. The number of amides is 1. The fourth-order valence-electron chi connectivity index (χ4n) is 1.87. The Morgan fingerprint density at radius 2 is 2.19 bits per heavy atom. The number of rotatable bonds is 6. The fourth-order valence-corrected chi connectivity index (χ4v) is 1.87. The number of nitrogens with zero attached hydrogens (tertiary/aromatic N) is 3. The van der Waals surface area contributed by atoms with Crippen LogP contribution < -0.4 is 0 Å². The molecule has 0 fully saturated rings. The van der Waals surface area contributed by atoms with E-state index in [9.17, 15) is 19.3 Å². The molecular weight excluding hydrogens is 277 g/mol. The zero-order valence-electron chi connectivity index (χ0n) is 11.9. The Morgan fingerprint density at radius 1 is 1.52 bits per heavy atom. The normalized spacial score (nSPS) is 10.2. The summed E-state index contributed by atoms with van der Waals surface area (Å²) in [4.78, 5) is 23.6. The largest absolute Gasteiger partial charge is 0.337 e. The van der Waals surface area contributed by atoms with Crippen LogP contribution in [0.5, 0.6) is 0 Å². The topological polar surface area (TPSA) is 87.2 Å². The summed E-state index contributed by atoms with van der Waals surface area (Å²) in [5.41, 5.74) is -0.688. The highest BCUT2D eigenvalue weighted by Gasteiger charge is 2.21. The number of nitriles is 1. The molecular formula is C14H16FN3O3. The number of nitro groups is 1. The minimum atomic E-state index is -0.982. The molecule has 0 N–H and O–H groups in total. The molecule has 0 atom stereocenters. The average Bonchev–Trinajstić information content (AvgIpc) is 2.42. The number of carbonyl (C=O) groups excluding carboxylic acids is 1. The maximum Gasteiger partial charge on any atom is 0.305 e. The summed E-state index contributed by atoms with van der Waals surface area (Å²) in [7, 11) is 0. The van der Waals surface area contributed by atoms with Crippen LogP contribution in [0.2, 0.25) is 0 Å². The predicted molar refractivity (Wildman–Crippen MR) is 74.0 cm³/mol. The highest BCUT2D eigenvalue weighted by molar-refractivity contribution is 5.94. The monoisotopic (exact) mass is 293 g/mol. The summed E-state index contributed by atoms with van der Waals surface area (Å²) in [5.74, 6) is -1.24. The molecule has 0 bridgehead atoms. The number of nitro benzene ring substituents is 1. The van der Waals surface area contributed by atoms with Crippen LogP contribution in [0.15, 0.2) is 18.2 Å². The third-order valence-electron chi connectivity index (χ3n) is 2.76. The van der Waals surface area contributed by atoms with Crippen molar-refractivity contribution in [3.8, 4) is 6.07 Å². The summed E-state index contributed by atoms with van der Waals surface area (Å²) in [6, 6.07) is 5.00. The van der Waals surface area contributed by atoms with Gasteiger partial charge >= 0.3 is 5.69 Å². The zero-order chi connectivity index (χ0) is 16.0. The first kappa shape index (κ1) is 16.6. The van der Waals surface area contributed by atoms with Crippen LogP contribution in [0.4, 0.5) is 10.1 Å². The predicted octanol–water partition coefficient (Wildman–Crippen LogP) is 2.75. The highest BCUT2D eigenvalue weighted by atomic mass is 19.1. The van der Waals surface area contributed by atoms with Crippen LogP contribution in [0.3, 0.4) is 0 Å². The molecule has 1 aromatic rings. The molecule has 6 nitrogen and oxygen atoms in total. The second-order valence-electron chi connectivity index (χ2n) is 4.98. The number of hydrogen-bond donors (Lipinski definition) is 0. The summed E-state index contributed by atoms with van der Waals surface area (Å²) >= 11 is 0. The lowest BCUT2D eigenvalue weighted by molar-refractivity contribution is -0.387. The van der Waals surface area contributed by atoms with Gasteiger partial charge in [0.2, 0.25) is 5.82 Å². The van der Waals surface area contributed by atoms with Crippen molar-refractivity contribution in [2.24, 2.45) is 5.92 Å². The van der Waals surface area contributed by atoms with Gasteiger partial charge in [-0.15, -0.1) is 0 Å². The van der Waals surface area contributed by atoms with Crippen LogP contribution in [0, 0.1) is 33.2 Å². The molecule has 1 amide bonds. The summed E-state index contributed by atoms with van der Waals surface area (Å²) in [6.07, 6.45) is 0.168. The Balaban J connectivity index is 3.05. The molecule has 0 aliphatic rings. The molecule has 0 saturated carbocycles. The second-order valence-corrected chi connectivity index (χ2v) is 4.98. The Kier molecular flexibility index (Phi) is 5.79. The van der Waals surface area contributed by atoms with Crippen molar-refractivity contribution in [1.82, 2.24) is 4.90 Å². The van der Waals surface area contributed by atoms with Gasteiger partial charge in [-0.2, -0.15) is 9.65 Å². The van der Waals surface area contributed by atoms with Crippen molar-refractivity contribution in [1.29, 1.82) is 5.26 Å². The van der Waals surface area contributed by atoms with E-state index >= 15 is 0 Å². The first-order valence-corrected chi connectivity index (χ1v) is 6.47. The molecule has 0 aliphatic carbocycles. The van der Waals surface area contributed by atoms with Crippen molar-refractivity contribution in [3.63, 3.8) is 0 Å². The molecule has 0 radical (unpaired) electrons. The van der Waals surface area contributed by atoms with Crippen LogP contribution >= 0.6 is 0 Å². The lowest BCUT2D eigenvalue weighted by Gasteiger charge is -2.23. The maximum absolute atomic E-state index is 13.3. The van der Waals surface area contributed by atoms with Gasteiger partial charge in [-0.05, 0) is 18.1 Å². The van der Waals surface area contributed by atoms with E-state index in [1.165, 1.54) is 11.0 Å². The molecule has 112 valence electrons. The Bertz CT molecular complexity index is 581. The van der Waals surface area contributed by atoms with Gasteiger partial charge in [-0.3, -0.25) is 14.9 Å². The van der Waals surface area contributed by atoms with Crippen molar-refractivity contribution in [2.75, 3.05) is 13.1 Å². The van der Waals surface area contributed by atoms with Gasteiger partial charge < -0.3 is 4.90 Å². The third kappa shape index (κ3) is 4.53. The fraction of sp³-hybridized carbons (Fsp3) is 0.429. The Morgan fingerprint density at radius 3 is 2.71 bits per heavy atom. The van der Waals surface area contributed by atoms with E-state index in [-0.39, 0.29) is 24.4 Å². The van der Waals surface area contributed by atoms with Crippen molar-refractivity contribution in [3.05, 3.63) is 39.7 Å². The number of carbonyl (C=O) groups is 1. The van der Waals surface area contributed by atoms with Crippen LogP contribution in [-0.4, -0.2) is 28.8 Å². The summed E-state index contributed by atoms with van der Waals surface area (Å²) in [5, 5.41) is 19.3. The van der Waals surface area contributed by atoms with E-state index < -0.39 is 22.3 Å². The molecule has 0 spiro atoms. The molecule has 0 unspecified atom stereocenters. The average molecular weight is 293 g/mol. The maximum atomic E-state index is 13.3. The molecule has 7 heteroatoms. The van der Waals surface area contributed by atoms with Gasteiger partial charge in [0, 0.05) is 24.7 Å². The van der Waals surface area contributed by atoms with E-state index in [1.807, 2.05) is 19.9 Å². The lowest BCUT2D eigenvalue weighted by Crippen LogP contribution is -2.35. The first-order valence-electron chi connectivity index (χ1n) is 6.47. The van der Waals surface area contributed by atoms with Gasteiger partial charge in [0.1, 0.15) is 0 Å². The lowest BCUT2D eigenvalue weighted by atomic mass is 10.1. The van der Waals surface area contributed by atoms with Crippen LogP contribution in [0.25, 0.3) is 0 Å². The molecule has 1 rings (SSSR count). The van der Waals surface area contributed by atoms with Crippen LogP contribution in [-0.2, 0) is 0 Å². The number of halogens is 1. The van der Waals surface area contributed by atoms with Crippen molar-refractivity contribution in [2.45, 2.75) is 20.3 Å². The van der Waals surface area contributed by atoms with Gasteiger partial charge in [0.15, 0.2) is 0 Å². The van der Waals surface area contributed by atoms with Crippen molar-refractivity contribution >= 4 is 11.6 Å². The molecule has 21 heavy (non-hydrogen) atoms. The SMILES string of the molecule is CC(C)CN(CCC#N)C(=O)c1ccc(F)c([N+](=O)[O-])c1. The smallest absolute Gasteiger partial charge is 0.305 e.